The molecule has 0 spiro atoms. The fourth-order valence-corrected chi connectivity index (χ4v) is 4.49. The molecule has 1 fully saturated rings. The first-order chi connectivity index (χ1) is 12.0. The summed E-state index contributed by atoms with van der Waals surface area (Å²) in [6, 6.07) is 15.6. The second-order valence-electron chi connectivity index (χ2n) is 6.14. The van der Waals surface area contributed by atoms with E-state index in [0.717, 1.165) is 18.6 Å². The second-order valence-corrected chi connectivity index (χ2v) is 8.08. The van der Waals surface area contributed by atoms with E-state index in [9.17, 15) is 13.2 Å². The summed E-state index contributed by atoms with van der Waals surface area (Å²) in [6.45, 7) is 2.19. The molecule has 1 aliphatic heterocycles. The van der Waals surface area contributed by atoms with Gasteiger partial charge in [0.05, 0.1) is 11.4 Å². The molecule has 6 heteroatoms. The SMILES string of the molecule is CC(=O)c1cccc(S(=O)(=O)N2CCCC(Oc3ccccc3)C2)c1. The fourth-order valence-electron chi connectivity index (χ4n) is 2.94. The first-order valence-corrected chi connectivity index (χ1v) is 9.74. The predicted molar refractivity (Wildman–Crippen MR) is 95.3 cm³/mol. The molecule has 0 amide bonds. The summed E-state index contributed by atoms with van der Waals surface area (Å²) in [5.41, 5.74) is 0.398. The Morgan fingerprint density at radius 2 is 1.88 bits per heavy atom. The average molecular weight is 359 g/mol. The van der Waals surface area contributed by atoms with Gasteiger partial charge >= 0.3 is 0 Å². The molecular formula is C19H21NO4S. The van der Waals surface area contributed by atoms with Gasteiger partial charge in [0.1, 0.15) is 11.9 Å². The number of Topliss-reactive ketones (excluding diaryl/α,β-unsaturated/α-hetero) is 1. The van der Waals surface area contributed by atoms with Crippen LogP contribution in [-0.2, 0) is 10.0 Å². The Balaban J connectivity index is 1.78. The lowest BCUT2D eigenvalue weighted by Gasteiger charge is -2.32. The van der Waals surface area contributed by atoms with Gasteiger partial charge in [0, 0.05) is 12.1 Å². The number of hydrogen-bond donors (Lipinski definition) is 0. The molecule has 132 valence electrons. The normalized spacial score (nSPS) is 18.7. The molecule has 1 unspecified atom stereocenters. The van der Waals surface area contributed by atoms with E-state index in [1.54, 1.807) is 12.1 Å². The molecule has 0 saturated carbocycles. The van der Waals surface area contributed by atoms with E-state index in [1.165, 1.54) is 23.4 Å². The number of carbonyl (C=O) groups is 1. The Labute approximate surface area is 148 Å². The molecule has 0 bridgehead atoms. The van der Waals surface area contributed by atoms with E-state index >= 15 is 0 Å². The summed E-state index contributed by atoms with van der Waals surface area (Å²) in [7, 11) is -3.64. The van der Waals surface area contributed by atoms with E-state index in [-0.39, 0.29) is 16.8 Å². The molecule has 0 radical (unpaired) electrons. The second kappa shape index (κ2) is 7.37. The first-order valence-electron chi connectivity index (χ1n) is 8.29. The molecule has 25 heavy (non-hydrogen) atoms. The minimum Gasteiger partial charge on any atom is -0.489 e. The molecule has 0 N–H and O–H groups in total. The van der Waals surface area contributed by atoms with Crippen LogP contribution in [0.15, 0.2) is 59.5 Å². The summed E-state index contributed by atoms with van der Waals surface area (Å²) < 4.78 is 33.2. The molecule has 1 aliphatic rings. The zero-order chi connectivity index (χ0) is 17.9. The largest absolute Gasteiger partial charge is 0.489 e. The van der Waals surface area contributed by atoms with Crippen molar-refractivity contribution in [2.75, 3.05) is 13.1 Å². The monoisotopic (exact) mass is 359 g/mol. The number of carbonyl (C=O) groups excluding carboxylic acids is 1. The number of ether oxygens (including phenoxy) is 1. The molecular weight excluding hydrogens is 338 g/mol. The highest BCUT2D eigenvalue weighted by atomic mass is 32.2. The van der Waals surface area contributed by atoms with Gasteiger partial charge in [-0.05, 0) is 44.0 Å². The van der Waals surface area contributed by atoms with Crippen molar-refractivity contribution in [1.29, 1.82) is 0 Å². The molecule has 0 aliphatic carbocycles. The number of nitrogens with zero attached hydrogens (tertiary/aromatic N) is 1. The van der Waals surface area contributed by atoms with Crippen LogP contribution in [0.3, 0.4) is 0 Å². The number of benzene rings is 2. The number of piperidine rings is 1. The van der Waals surface area contributed by atoms with Crippen molar-refractivity contribution in [3.63, 3.8) is 0 Å². The van der Waals surface area contributed by atoms with Crippen LogP contribution >= 0.6 is 0 Å². The standard InChI is InChI=1S/C19H21NO4S/c1-15(21)16-7-5-11-19(13-16)25(22,23)20-12-6-10-18(14-20)24-17-8-3-2-4-9-17/h2-5,7-9,11,13,18H,6,10,12,14H2,1H3. The van der Waals surface area contributed by atoms with Gasteiger partial charge in [0.15, 0.2) is 5.78 Å². The van der Waals surface area contributed by atoms with Crippen LogP contribution in [0.5, 0.6) is 5.75 Å². The Bertz CT molecular complexity index is 849. The van der Waals surface area contributed by atoms with Gasteiger partial charge in [-0.15, -0.1) is 0 Å². The van der Waals surface area contributed by atoms with Crippen LogP contribution in [0.4, 0.5) is 0 Å². The molecule has 1 atom stereocenters. The number of ketones is 1. The third-order valence-electron chi connectivity index (χ3n) is 4.27. The van der Waals surface area contributed by atoms with Crippen LogP contribution in [0, 0.1) is 0 Å². The lowest BCUT2D eigenvalue weighted by atomic mass is 10.1. The summed E-state index contributed by atoms with van der Waals surface area (Å²) in [4.78, 5) is 11.7. The number of para-hydroxylation sites is 1. The van der Waals surface area contributed by atoms with Gasteiger partial charge in [0.2, 0.25) is 10.0 Å². The molecule has 0 aromatic heterocycles. The first kappa shape index (κ1) is 17.6. The molecule has 2 aromatic rings. The van der Waals surface area contributed by atoms with Crippen LogP contribution in [-0.4, -0.2) is 37.7 Å². The minimum atomic E-state index is -3.64. The van der Waals surface area contributed by atoms with Gasteiger partial charge in [-0.2, -0.15) is 4.31 Å². The van der Waals surface area contributed by atoms with Crippen LogP contribution in [0.25, 0.3) is 0 Å². The summed E-state index contributed by atoms with van der Waals surface area (Å²) >= 11 is 0. The summed E-state index contributed by atoms with van der Waals surface area (Å²) in [5.74, 6) is 0.589. The van der Waals surface area contributed by atoms with E-state index in [1.807, 2.05) is 30.3 Å². The third-order valence-corrected chi connectivity index (χ3v) is 6.13. The van der Waals surface area contributed by atoms with E-state index in [0.29, 0.717) is 18.7 Å². The molecule has 5 nitrogen and oxygen atoms in total. The highest BCUT2D eigenvalue weighted by Gasteiger charge is 2.31. The van der Waals surface area contributed by atoms with Gasteiger partial charge in [-0.1, -0.05) is 30.3 Å². The maximum atomic E-state index is 12.9. The molecule has 1 heterocycles. The average Bonchev–Trinajstić information content (AvgIpc) is 2.63. The third kappa shape index (κ3) is 4.08. The van der Waals surface area contributed by atoms with Crippen molar-refractivity contribution < 1.29 is 17.9 Å². The lowest BCUT2D eigenvalue weighted by Crippen LogP contribution is -2.44. The van der Waals surface area contributed by atoms with Crippen molar-refractivity contribution in [2.24, 2.45) is 0 Å². The number of sulfonamides is 1. The fraction of sp³-hybridized carbons (Fsp3) is 0.316. The van der Waals surface area contributed by atoms with E-state index in [4.69, 9.17) is 4.74 Å². The summed E-state index contributed by atoms with van der Waals surface area (Å²) in [6.07, 6.45) is 1.37. The van der Waals surface area contributed by atoms with Crippen molar-refractivity contribution in [3.05, 3.63) is 60.2 Å². The Morgan fingerprint density at radius 1 is 1.12 bits per heavy atom. The van der Waals surface area contributed by atoms with E-state index in [2.05, 4.69) is 0 Å². The zero-order valence-corrected chi connectivity index (χ0v) is 14.9. The zero-order valence-electron chi connectivity index (χ0n) is 14.1. The van der Waals surface area contributed by atoms with Crippen molar-refractivity contribution in [1.82, 2.24) is 4.31 Å². The Kier molecular flexibility index (Phi) is 5.20. The van der Waals surface area contributed by atoms with Gasteiger partial charge in [0.25, 0.3) is 0 Å². The van der Waals surface area contributed by atoms with Crippen LogP contribution in [0.1, 0.15) is 30.1 Å². The predicted octanol–water partition coefficient (Wildman–Crippen LogP) is 3.12. The van der Waals surface area contributed by atoms with Crippen LogP contribution < -0.4 is 4.74 Å². The maximum Gasteiger partial charge on any atom is 0.243 e. The van der Waals surface area contributed by atoms with E-state index < -0.39 is 10.0 Å². The number of rotatable bonds is 5. The smallest absolute Gasteiger partial charge is 0.243 e. The molecule has 2 aromatic carbocycles. The van der Waals surface area contributed by atoms with Crippen LogP contribution in [0.2, 0.25) is 0 Å². The van der Waals surface area contributed by atoms with Gasteiger partial charge in [-0.3, -0.25) is 4.79 Å². The topological polar surface area (TPSA) is 63.7 Å². The molecule has 3 rings (SSSR count). The highest BCUT2D eigenvalue weighted by molar-refractivity contribution is 7.89. The number of hydrogen-bond acceptors (Lipinski definition) is 4. The maximum absolute atomic E-state index is 12.9. The van der Waals surface area contributed by atoms with Gasteiger partial charge < -0.3 is 4.74 Å². The lowest BCUT2D eigenvalue weighted by molar-refractivity contribution is 0.101. The van der Waals surface area contributed by atoms with Gasteiger partial charge in [-0.25, -0.2) is 8.42 Å². The minimum absolute atomic E-state index is 0.152. The van der Waals surface area contributed by atoms with Crippen molar-refractivity contribution in [2.45, 2.75) is 30.8 Å². The quantitative estimate of drug-likeness (QED) is 0.770. The summed E-state index contributed by atoms with van der Waals surface area (Å²) in [5, 5.41) is 0. The Morgan fingerprint density at radius 3 is 2.60 bits per heavy atom. The Hall–Kier alpha value is -2.18. The van der Waals surface area contributed by atoms with Crippen molar-refractivity contribution in [3.8, 4) is 5.75 Å². The molecule has 1 saturated heterocycles. The van der Waals surface area contributed by atoms with Crippen molar-refractivity contribution >= 4 is 15.8 Å². The highest BCUT2D eigenvalue weighted by Crippen LogP contribution is 2.24.